The molecule has 0 aliphatic heterocycles. The van der Waals surface area contributed by atoms with Gasteiger partial charge in [0.15, 0.2) is 5.75 Å². The molecule has 9 heteroatoms. The van der Waals surface area contributed by atoms with Gasteiger partial charge in [-0.05, 0) is 99.6 Å². The summed E-state index contributed by atoms with van der Waals surface area (Å²) in [6, 6.07) is 10.9. The average Bonchev–Trinajstić information content (AvgIpc) is 2.68. The minimum Gasteiger partial charge on any atom is -0.508 e. The average molecular weight is 632 g/mol. The van der Waals surface area contributed by atoms with Gasteiger partial charge >= 0.3 is 5.97 Å². The van der Waals surface area contributed by atoms with Crippen LogP contribution in [-0.2, 0) is 17.6 Å². The van der Waals surface area contributed by atoms with E-state index in [9.17, 15) is 15.0 Å². The van der Waals surface area contributed by atoms with Crippen molar-refractivity contribution in [2.75, 3.05) is 0 Å². The van der Waals surface area contributed by atoms with Gasteiger partial charge in [-0.2, -0.15) is 0 Å². The zero-order valence-corrected chi connectivity index (χ0v) is 19.9. The van der Waals surface area contributed by atoms with Gasteiger partial charge in [0.25, 0.3) is 0 Å². The third-order valence-electron chi connectivity index (χ3n) is 4.28. The second kappa shape index (κ2) is 9.79. The second-order valence-electron chi connectivity index (χ2n) is 6.61. The van der Waals surface area contributed by atoms with E-state index in [0.29, 0.717) is 29.2 Å². The maximum atomic E-state index is 11.0. The number of aliphatic carboxylic acids is 1. The van der Waals surface area contributed by atoms with Crippen molar-refractivity contribution in [2.45, 2.75) is 18.9 Å². The zero-order chi connectivity index (χ0) is 21.8. The van der Waals surface area contributed by atoms with Crippen molar-refractivity contribution in [1.82, 2.24) is 4.98 Å². The van der Waals surface area contributed by atoms with Crippen LogP contribution in [0, 0.1) is 7.14 Å². The van der Waals surface area contributed by atoms with Crippen LogP contribution in [0.1, 0.15) is 16.8 Å². The fourth-order valence-corrected chi connectivity index (χ4v) is 4.89. The summed E-state index contributed by atoms with van der Waals surface area (Å²) < 4.78 is 7.71. The number of carboxylic acids is 1. The molecule has 0 aliphatic rings. The summed E-state index contributed by atoms with van der Waals surface area (Å²) in [4.78, 5) is 15.1. The number of hydrogen-bond acceptors (Lipinski definition) is 6. The molecule has 0 bridgehead atoms. The fraction of sp³-hybridized carbons (Fsp3) is 0.143. The number of halogens is 2. The van der Waals surface area contributed by atoms with E-state index in [1.165, 1.54) is 6.20 Å². The monoisotopic (exact) mass is 632 g/mol. The Morgan fingerprint density at radius 2 is 1.80 bits per heavy atom. The van der Waals surface area contributed by atoms with E-state index in [1.54, 1.807) is 30.3 Å². The molecule has 5 N–H and O–H groups in total. The number of aromatic hydroxyl groups is 2. The largest absolute Gasteiger partial charge is 0.508 e. The third-order valence-corrected chi connectivity index (χ3v) is 5.89. The first kappa shape index (κ1) is 22.6. The van der Waals surface area contributed by atoms with Gasteiger partial charge in [-0.3, -0.25) is 9.78 Å². The number of nitrogens with two attached hydrogens (primary N) is 1. The lowest BCUT2D eigenvalue weighted by atomic mass is 10.1. The molecule has 1 aromatic heterocycles. The Morgan fingerprint density at radius 3 is 2.40 bits per heavy atom. The summed E-state index contributed by atoms with van der Waals surface area (Å²) in [5, 5.41) is 28.6. The van der Waals surface area contributed by atoms with E-state index in [0.717, 1.165) is 12.7 Å². The molecule has 3 aromatic rings. The van der Waals surface area contributed by atoms with Gasteiger partial charge in [0.05, 0.1) is 13.3 Å². The van der Waals surface area contributed by atoms with Gasteiger partial charge < -0.3 is 25.8 Å². The molecular formula is C21H18I2N2O5. The zero-order valence-electron chi connectivity index (χ0n) is 15.5. The van der Waals surface area contributed by atoms with Crippen molar-refractivity contribution in [3.63, 3.8) is 0 Å². The molecule has 0 aliphatic carbocycles. The van der Waals surface area contributed by atoms with Crippen molar-refractivity contribution in [3.05, 3.63) is 72.6 Å². The summed E-state index contributed by atoms with van der Waals surface area (Å²) >= 11 is 4.28. The van der Waals surface area contributed by atoms with E-state index < -0.39 is 12.0 Å². The number of carboxylic acid groups (broad SMARTS) is 1. The quantitative estimate of drug-likeness (QED) is 0.290. The highest BCUT2D eigenvalue weighted by Gasteiger charge is 2.16. The number of carbonyl (C=O) groups is 1. The summed E-state index contributed by atoms with van der Waals surface area (Å²) in [7, 11) is 0. The van der Waals surface area contributed by atoms with Crippen molar-refractivity contribution in [2.24, 2.45) is 5.73 Å². The highest BCUT2D eigenvalue weighted by Crippen LogP contribution is 2.35. The number of benzene rings is 2. The molecule has 0 saturated heterocycles. The molecule has 2 aromatic carbocycles. The number of hydrogen-bond donors (Lipinski definition) is 4. The maximum Gasteiger partial charge on any atom is 0.320 e. The molecule has 0 spiro atoms. The Bertz CT molecular complexity index is 1050. The molecule has 156 valence electrons. The SMILES string of the molecule is N[C@H](Cc1cc(I)c(Oc2ccc(O)c(Cc3ccc(O)cn3)c2)c(I)c1)C(=O)O. The molecule has 30 heavy (non-hydrogen) atoms. The van der Waals surface area contributed by atoms with Crippen LogP contribution in [-0.4, -0.2) is 32.3 Å². The van der Waals surface area contributed by atoms with Crippen LogP contribution in [0.3, 0.4) is 0 Å². The van der Waals surface area contributed by atoms with E-state index in [1.807, 2.05) is 12.1 Å². The Labute approximate surface area is 200 Å². The lowest BCUT2D eigenvalue weighted by Gasteiger charge is -2.14. The number of pyridine rings is 1. The minimum atomic E-state index is -1.04. The smallest absolute Gasteiger partial charge is 0.320 e. The van der Waals surface area contributed by atoms with Crippen LogP contribution < -0.4 is 10.5 Å². The summed E-state index contributed by atoms with van der Waals surface area (Å²) in [5.41, 5.74) is 7.79. The lowest BCUT2D eigenvalue weighted by Crippen LogP contribution is -2.32. The Hall–Kier alpha value is -2.12. The number of nitrogens with zero attached hydrogens (tertiary/aromatic N) is 1. The van der Waals surface area contributed by atoms with Crippen molar-refractivity contribution in [3.8, 4) is 23.0 Å². The number of rotatable bonds is 7. The predicted molar refractivity (Wildman–Crippen MR) is 128 cm³/mol. The molecular weight excluding hydrogens is 614 g/mol. The normalized spacial score (nSPS) is 11.8. The van der Waals surface area contributed by atoms with Crippen LogP contribution >= 0.6 is 45.2 Å². The number of ether oxygens (including phenoxy) is 1. The molecule has 7 nitrogen and oxygen atoms in total. The Balaban J connectivity index is 1.82. The standard InChI is InChI=1S/C21H18I2N2O5/c22-16-5-11(7-18(24)21(28)29)6-17(23)20(16)30-15-3-4-19(27)12(9-15)8-13-1-2-14(26)10-25-13/h1-6,9-10,18,26-27H,7-8,24H2,(H,28,29)/t18-/m1/s1. The maximum absolute atomic E-state index is 11.0. The van der Waals surface area contributed by atoms with Gasteiger partial charge in [0, 0.05) is 17.7 Å². The third kappa shape index (κ3) is 5.73. The van der Waals surface area contributed by atoms with Crippen LogP contribution in [0.15, 0.2) is 48.7 Å². The molecule has 1 atom stereocenters. The van der Waals surface area contributed by atoms with Gasteiger partial charge in [-0.25, -0.2) is 0 Å². The molecule has 0 unspecified atom stereocenters. The van der Waals surface area contributed by atoms with Crippen LogP contribution in [0.25, 0.3) is 0 Å². The Morgan fingerprint density at radius 1 is 1.10 bits per heavy atom. The van der Waals surface area contributed by atoms with E-state index in [4.69, 9.17) is 15.6 Å². The fourth-order valence-electron chi connectivity index (χ4n) is 2.77. The predicted octanol–water partition coefficient (Wildman–Crippen LogP) is 4.04. The van der Waals surface area contributed by atoms with Gasteiger partial charge in [0.1, 0.15) is 23.3 Å². The first-order valence-corrected chi connectivity index (χ1v) is 11.0. The van der Waals surface area contributed by atoms with Crippen molar-refractivity contribution >= 4 is 51.2 Å². The van der Waals surface area contributed by atoms with Crippen LogP contribution in [0.5, 0.6) is 23.0 Å². The topological polar surface area (TPSA) is 126 Å². The summed E-state index contributed by atoms with van der Waals surface area (Å²) in [5.74, 6) is 0.354. The first-order valence-electron chi connectivity index (χ1n) is 8.83. The molecule has 1 heterocycles. The Kier molecular flexibility index (Phi) is 7.36. The van der Waals surface area contributed by atoms with E-state index in [-0.39, 0.29) is 17.9 Å². The molecule has 0 fully saturated rings. The van der Waals surface area contributed by atoms with Gasteiger partial charge in [-0.15, -0.1) is 0 Å². The summed E-state index contributed by atoms with van der Waals surface area (Å²) in [6.07, 6.45) is 1.96. The summed E-state index contributed by atoms with van der Waals surface area (Å²) in [6.45, 7) is 0. The molecule has 0 amide bonds. The van der Waals surface area contributed by atoms with Crippen molar-refractivity contribution < 1.29 is 24.9 Å². The first-order chi connectivity index (χ1) is 14.2. The second-order valence-corrected chi connectivity index (χ2v) is 8.94. The molecule has 3 rings (SSSR count). The molecule has 0 saturated carbocycles. The van der Waals surface area contributed by atoms with Crippen LogP contribution in [0.2, 0.25) is 0 Å². The lowest BCUT2D eigenvalue weighted by molar-refractivity contribution is -0.138. The number of phenolic OH excluding ortho intramolecular Hbond substituents is 1. The highest BCUT2D eigenvalue weighted by molar-refractivity contribution is 14.1. The number of phenols is 1. The molecule has 0 radical (unpaired) electrons. The highest BCUT2D eigenvalue weighted by atomic mass is 127. The number of aromatic nitrogens is 1. The minimum absolute atomic E-state index is 0.0805. The van der Waals surface area contributed by atoms with Gasteiger partial charge in [0.2, 0.25) is 0 Å². The van der Waals surface area contributed by atoms with Crippen LogP contribution in [0.4, 0.5) is 0 Å². The van der Waals surface area contributed by atoms with Crippen molar-refractivity contribution in [1.29, 1.82) is 0 Å². The van der Waals surface area contributed by atoms with E-state index in [2.05, 4.69) is 50.2 Å². The van der Waals surface area contributed by atoms with Gasteiger partial charge in [-0.1, -0.05) is 0 Å². The van der Waals surface area contributed by atoms with E-state index >= 15 is 0 Å².